The van der Waals surface area contributed by atoms with Gasteiger partial charge in [-0.2, -0.15) is 10.2 Å². The predicted molar refractivity (Wildman–Crippen MR) is 129 cm³/mol. The van der Waals surface area contributed by atoms with Gasteiger partial charge in [-0.15, -0.1) is 5.10 Å². The minimum atomic E-state index is -3.73. The summed E-state index contributed by atoms with van der Waals surface area (Å²) in [5.41, 5.74) is 2.97. The molecule has 4 aromatic rings. The van der Waals surface area contributed by atoms with Crippen LogP contribution in [0, 0.1) is 0 Å². The first kappa shape index (κ1) is 21.9. The molecule has 2 aromatic carbocycles. The van der Waals surface area contributed by atoms with Crippen molar-refractivity contribution < 1.29 is 13.2 Å². The van der Waals surface area contributed by atoms with Crippen LogP contribution >= 0.6 is 0 Å². The van der Waals surface area contributed by atoms with Gasteiger partial charge in [0.25, 0.3) is 10.0 Å². The van der Waals surface area contributed by atoms with Crippen LogP contribution in [0.2, 0.25) is 0 Å². The standard InChI is InChI=1S/C23H23N7O3S/c31-34(32,22-8-6-20(7-9-22)30-11-1-10-25-30)28-19-4-2-18(3-5-19)26-23-16-21(17-24-27-23)29-12-14-33-15-13-29/h1-11,16-17,28H,12-15H2,(H,26,27). The average Bonchev–Trinajstić information content (AvgIpc) is 3.41. The van der Waals surface area contributed by atoms with E-state index in [0.717, 1.165) is 30.2 Å². The number of sulfonamides is 1. The van der Waals surface area contributed by atoms with Gasteiger partial charge in [0.15, 0.2) is 5.82 Å². The molecule has 1 fully saturated rings. The molecule has 0 unspecified atom stereocenters. The summed E-state index contributed by atoms with van der Waals surface area (Å²) in [6.07, 6.45) is 5.19. The van der Waals surface area contributed by atoms with Gasteiger partial charge < -0.3 is 15.0 Å². The quantitative estimate of drug-likeness (QED) is 0.418. The average molecular weight is 478 g/mol. The van der Waals surface area contributed by atoms with Crippen molar-refractivity contribution in [3.05, 3.63) is 79.3 Å². The molecule has 0 bridgehead atoms. The molecule has 0 atom stereocenters. The lowest BCUT2D eigenvalue weighted by atomic mass is 10.3. The fourth-order valence-electron chi connectivity index (χ4n) is 3.60. The zero-order valence-electron chi connectivity index (χ0n) is 18.2. The van der Waals surface area contributed by atoms with Gasteiger partial charge in [-0.3, -0.25) is 4.72 Å². The Labute approximate surface area is 197 Å². The van der Waals surface area contributed by atoms with Crippen LogP contribution in [-0.2, 0) is 14.8 Å². The molecule has 5 rings (SSSR count). The topological polar surface area (TPSA) is 114 Å². The third-order valence-corrected chi connectivity index (χ3v) is 6.74. The van der Waals surface area contributed by atoms with Crippen molar-refractivity contribution in [2.24, 2.45) is 0 Å². The van der Waals surface area contributed by atoms with Gasteiger partial charge in [-0.05, 0) is 54.6 Å². The number of nitrogens with one attached hydrogen (secondary N) is 2. The third-order valence-electron chi connectivity index (χ3n) is 5.34. The van der Waals surface area contributed by atoms with Crippen molar-refractivity contribution >= 4 is 32.9 Å². The summed E-state index contributed by atoms with van der Waals surface area (Å²) in [5.74, 6) is 0.606. The van der Waals surface area contributed by atoms with Crippen molar-refractivity contribution in [2.75, 3.05) is 41.2 Å². The van der Waals surface area contributed by atoms with Crippen LogP contribution in [0.3, 0.4) is 0 Å². The Morgan fingerprint density at radius 1 is 0.912 bits per heavy atom. The number of morpholine rings is 1. The van der Waals surface area contributed by atoms with Gasteiger partial charge in [-0.25, -0.2) is 13.1 Å². The molecule has 1 saturated heterocycles. The molecule has 2 N–H and O–H groups in total. The predicted octanol–water partition coefficient (Wildman–Crippen LogP) is 3.04. The highest BCUT2D eigenvalue weighted by atomic mass is 32.2. The molecule has 1 aliphatic heterocycles. The van der Waals surface area contributed by atoms with Crippen LogP contribution in [-0.4, -0.2) is 54.7 Å². The first-order chi connectivity index (χ1) is 16.6. The molecule has 174 valence electrons. The van der Waals surface area contributed by atoms with Crippen LogP contribution < -0.4 is 14.9 Å². The number of rotatable bonds is 7. The molecule has 0 saturated carbocycles. The smallest absolute Gasteiger partial charge is 0.261 e. The van der Waals surface area contributed by atoms with Crippen molar-refractivity contribution in [1.82, 2.24) is 20.0 Å². The van der Waals surface area contributed by atoms with Crippen molar-refractivity contribution in [1.29, 1.82) is 0 Å². The van der Waals surface area contributed by atoms with Gasteiger partial charge in [0, 0.05) is 42.9 Å². The monoisotopic (exact) mass is 477 g/mol. The van der Waals surface area contributed by atoms with Gasteiger partial charge in [0.05, 0.1) is 35.7 Å². The van der Waals surface area contributed by atoms with Crippen LogP contribution in [0.5, 0.6) is 0 Å². The summed E-state index contributed by atoms with van der Waals surface area (Å²) in [6, 6.07) is 17.2. The highest BCUT2D eigenvalue weighted by Gasteiger charge is 2.15. The second-order valence-corrected chi connectivity index (χ2v) is 9.33. The van der Waals surface area contributed by atoms with Crippen LogP contribution in [0.4, 0.5) is 22.9 Å². The molecular weight excluding hydrogens is 454 g/mol. The van der Waals surface area contributed by atoms with E-state index in [-0.39, 0.29) is 4.90 Å². The number of hydrogen-bond acceptors (Lipinski definition) is 8. The Morgan fingerprint density at radius 3 is 2.35 bits per heavy atom. The van der Waals surface area contributed by atoms with E-state index >= 15 is 0 Å². The fourth-order valence-corrected chi connectivity index (χ4v) is 4.65. The van der Waals surface area contributed by atoms with E-state index in [2.05, 4.69) is 30.2 Å². The fraction of sp³-hybridized carbons (Fsp3) is 0.174. The molecule has 2 aromatic heterocycles. The lowest BCUT2D eigenvalue weighted by Crippen LogP contribution is -2.36. The minimum absolute atomic E-state index is 0.167. The SMILES string of the molecule is O=S(=O)(Nc1ccc(Nc2cc(N3CCOCC3)cnn2)cc1)c1ccc(-n2cccn2)cc1. The van der Waals surface area contributed by atoms with Crippen molar-refractivity contribution in [3.63, 3.8) is 0 Å². The second kappa shape index (κ2) is 9.49. The zero-order valence-corrected chi connectivity index (χ0v) is 19.0. The first-order valence-electron chi connectivity index (χ1n) is 10.7. The molecule has 1 aliphatic rings. The number of nitrogens with zero attached hydrogens (tertiary/aromatic N) is 5. The van der Waals surface area contributed by atoms with E-state index in [4.69, 9.17) is 4.74 Å². The van der Waals surface area contributed by atoms with E-state index in [1.807, 2.05) is 6.07 Å². The summed E-state index contributed by atoms with van der Waals surface area (Å²) in [5, 5.41) is 15.6. The molecule has 0 spiro atoms. The zero-order chi connectivity index (χ0) is 23.4. The summed E-state index contributed by atoms with van der Waals surface area (Å²) in [6.45, 7) is 3.01. The lowest BCUT2D eigenvalue weighted by Gasteiger charge is -2.28. The number of ether oxygens (including phenoxy) is 1. The number of aromatic nitrogens is 4. The van der Waals surface area contributed by atoms with E-state index in [1.165, 1.54) is 0 Å². The molecule has 3 heterocycles. The van der Waals surface area contributed by atoms with Crippen LogP contribution in [0.25, 0.3) is 5.69 Å². The van der Waals surface area contributed by atoms with Crippen molar-refractivity contribution in [2.45, 2.75) is 4.90 Å². The molecule has 10 nitrogen and oxygen atoms in total. The summed E-state index contributed by atoms with van der Waals surface area (Å²) in [4.78, 5) is 2.36. The number of anilines is 4. The maximum Gasteiger partial charge on any atom is 0.261 e. The largest absolute Gasteiger partial charge is 0.378 e. The van der Waals surface area contributed by atoms with Gasteiger partial charge in [0.1, 0.15) is 0 Å². The van der Waals surface area contributed by atoms with E-state index in [9.17, 15) is 8.42 Å². The Morgan fingerprint density at radius 2 is 1.65 bits per heavy atom. The molecule has 0 amide bonds. The maximum absolute atomic E-state index is 12.8. The minimum Gasteiger partial charge on any atom is -0.378 e. The Balaban J connectivity index is 1.24. The lowest BCUT2D eigenvalue weighted by molar-refractivity contribution is 0.122. The summed E-state index contributed by atoms with van der Waals surface area (Å²) >= 11 is 0. The van der Waals surface area contributed by atoms with E-state index in [0.29, 0.717) is 24.7 Å². The highest BCUT2D eigenvalue weighted by Crippen LogP contribution is 2.23. The number of hydrogen-bond donors (Lipinski definition) is 2. The molecule has 11 heteroatoms. The normalized spacial score (nSPS) is 14.1. The maximum atomic E-state index is 12.8. The van der Waals surface area contributed by atoms with Gasteiger partial charge in [0.2, 0.25) is 0 Å². The van der Waals surface area contributed by atoms with Crippen LogP contribution in [0.1, 0.15) is 0 Å². The third kappa shape index (κ3) is 5.00. The Hall–Kier alpha value is -3.96. The van der Waals surface area contributed by atoms with Crippen LogP contribution in [0.15, 0.2) is 84.1 Å². The Bertz CT molecular complexity index is 1340. The van der Waals surface area contributed by atoms with Gasteiger partial charge in [-0.1, -0.05) is 0 Å². The molecule has 0 radical (unpaired) electrons. The van der Waals surface area contributed by atoms with Crippen molar-refractivity contribution in [3.8, 4) is 5.69 Å². The summed E-state index contributed by atoms with van der Waals surface area (Å²) < 4.78 is 35.2. The summed E-state index contributed by atoms with van der Waals surface area (Å²) in [7, 11) is -3.73. The van der Waals surface area contributed by atoms with E-state index in [1.54, 1.807) is 77.9 Å². The number of benzene rings is 2. The highest BCUT2D eigenvalue weighted by molar-refractivity contribution is 7.92. The second-order valence-electron chi connectivity index (χ2n) is 7.65. The van der Waals surface area contributed by atoms with E-state index < -0.39 is 10.0 Å². The Kier molecular flexibility index (Phi) is 6.11. The molecule has 0 aliphatic carbocycles. The van der Waals surface area contributed by atoms with Gasteiger partial charge >= 0.3 is 0 Å². The molecular formula is C23H23N7O3S. The first-order valence-corrected chi connectivity index (χ1v) is 12.2. The molecule has 34 heavy (non-hydrogen) atoms.